The average molecular weight is 672 g/mol. The molecular weight excluding hydrogens is 642 g/mol. The molecule has 3 aliphatic heterocycles. The van der Waals surface area contributed by atoms with Gasteiger partial charge in [0.2, 0.25) is 5.91 Å². The number of carbonyl (C=O) groups excluding carboxylic acids is 1. The molecule has 3 aliphatic rings. The fourth-order valence-electron chi connectivity index (χ4n) is 8.29. The normalized spacial score (nSPS) is 23.1. The number of hydrogen-bond donors (Lipinski definition) is 2. The van der Waals surface area contributed by atoms with E-state index in [1.54, 1.807) is 49.6 Å². The van der Waals surface area contributed by atoms with E-state index in [4.69, 9.17) is 32.9 Å². The molecule has 1 saturated heterocycles. The topological polar surface area (TPSA) is 96.7 Å². The summed E-state index contributed by atoms with van der Waals surface area (Å²) in [6.45, 7) is 1.40. The number of aromatic nitrogens is 2. The minimum Gasteiger partial charge on any atom is -0.478 e. The van der Waals surface area contributed by atoms with E-state index in [1.807, 2.05) is 24.3 Å². The number of aryl methyl sites for hydroxylation is 1. The van der Waals surface area contributed by atoms with Crippen molar-refractivity contribution in [1.82, 2.24) is 14.5 Å². The number of rotatable bonds is 6. The van der Waals surface area contributed by atoms with Gasteiger partial charge >= 0.3 is 5.97 Å². The van der Waals surface area contributed by atoms with Crippen molar-refractivity contribution in [2.45, 2.75) is 49.5 Å². The van der Waals surface area contributed by atoms with Crippen LogP contribution in [0.25, 0.3) is 11.0 Å². The molecule has 0 aliphatic carbocycles. The Labute approximate surface area is 279 Å². The predicted molar refractivity (Wildman–Crippen MR) is 176 cm³/mol. The van der Waals surface area contributed by atoms with E-state index < -0.39 is 29.2 Å². The van der Waals surface area contributed by atoms with E-state index in [0.717, 1.165) is 16.6 Å². The second-order valence-corrected chi connectivity index (χ2v) is 13.3. The molecule has 1 spiro atoms. The number of amides is 1. The monoisotopic (exact) mass is 670 g/mol. The number of carboxylic acid groups (broad SMARTS) is 1. The molecule has 11 heteroatoms. The molecule has 8 nitrogen and oxygen atoms in total. The molecule has 47 heavy (non-hydrogen) atoms. The van der Waals surface area contributed by atoms with Crippen LogP contribution in [0.1, 0.15) is 56.7 Å². The van der Waals surface area contributed by atoms with Gasteiger partial charge in [-0.25, -0.2) is 14.2 Å². The highest BCUT2D eigenvalue weighted by atomic mass is 35.5. The summed E-state index contributed by atoms with van der Waals surface area (Å²) in [6, 6.07) is 23.0. The van der Waals surface area contributed by atoms with E-state index in [1.165, 1.54) is 6.07 Å². The third-order valence-electron chi connectivity index (χ3n) is 10.0. The van der Waals surface area contributed by atoms with Gasteiger partial charge in [-0.05, 0) is 59.5 Å². The first-order chi connectivity index (χ1) is 22.7. The summed E-state index contributed by atoms with van der Waals surface area (Å²) in [7, 11) is 1.65. The van der Waals surface area contributed by atoms with Crippen LogP contribution in [-0.2, 0) is 34.8 Å². The van der Waals surface area contributed by atoms with Crippen molar-refractivity contribution in [3.63, 3.8) is 0 Å². The summed E-state index contributed by atoms with van der Waals surface area (Å²) in [5.74, 6) is -2.46. The molecule has 0 radical (unpaired) electrons. The lowest BCUT2D eigenvalue weighted by molar-refractivity contribution is -0.128. The molecule has 1 aromatic heterocycles. The Balaban J connectivity index is 1.42. The van der Waals surface area contributed by atoms with Gasteiger partial charge in [0.05, 0.1) is 28.2 Å². The van der Waals surface area contributed by atoms with Crippen molar-refractivity contribution in [3.05, 3.63) is 128 Å². The van der Waals surface area contributed by atoms with E-state index >= 15 is 4.39 Å². The zero-order valence-electron chi connectivity index (χ0n) is 25.2. The highest BCUT2D eigenvalue weighted by molar-refractivity contribution is 6.31. The fraction of sp³-hybridized carbons (Fsp3) is 0.250. The minimum atomic E-state index is -1.36. The van der Waals surface area contributed by atoms with Gasteiger partial charge in [0, 0.05) is 54.4 Å². The van der Waals surface area contributed by atoms with E-state index in [9.17, 15) is 14.7 Å². The number of fused-ring (bicyclic) bond motifs is 7. The van der Waals surface area contributed by atoms with Crippen LogP contribution in [0.4, 0.5) is 10.1 Å². The number of methoxy groups -OCH3 is 1. The second-order valence-electron chi connectivity index (χ2n) is 12.4. The third-order valence-corrected chi connectivity index (χ3v) is 10.5. The summed E-state index contributed by atoms with van der Waals surface area (Å²) in [5, 5.41) is 13.2. The quantitative estimate of drug-likeness (QED) is 0.196. The van der Waals surface area contributed by atoms with E-state index in [-0.39, 0.29) is 22.5 Å². The number of aromatic carboxylic acids is 1. The summed E-state index contributed by atoms with van der Waals surface area (Å²) in [5.41, 5.74) is 3.65. The lowest BCUT2D eigenvalue weighted by Gasteiger charge is -2.40. The molecule has 0 unspecified atom stereocenters. The maximum atomic E-state index is 16.4. The van der Waals surface area contributed by atoms with Crippen LogP contribution in [0.5, 0.6) is 0 Å². The maximum absolute atomic E-state index is 16.4. The lowest BCUT2D eigenvalue weighted by Crippen LogP contribution is -2.51. The largest absolute Gasteiger partial charge is 0.478 e. The van der Waals surface area contributed by atoms with Crippen molar-refractivity contribution in [2.75, 3.05) is 12.4 Å². The van der Waals surface area contributed by atoms with Gasteiger partial charge in [0.25, 0.3) is 0 Å². The first-order valence-corrected chi connectivity index (χ1v) is 16.1. The number of likely N-dealkylation sites (tertiary alicyclic amines) is 1. The predicted octanol–water partition coefficient (Wildman–Crippen LogP) is 7.33. The zero-order valence-corrected chi connectivity index (χ0v) is 26.7. The van der Waals surface area contributed by atoms with E-state index in [2.05, 4.69) is 20.9 Å². The van der Waals surface area contributed by atoms with Crippen molar-refractivity contribution >= 4 is 51.8 Å². The minimum absolute atomic E-state index is 0.0370. The van der Waals surface area contributed by atoms with Gasteiger partial charge < -0.3 is 19.7 Å². The SMILES string of the molecule is COCc1cccc(CN2[C@H]3CCn4c(nc5cc(C(=O)O)ccc54)[C@H]3[C@H](c3cccc(Cl)c3F)[C@]23C(=O)Nc2cc(Cl)ccc23)c1. The van der Waals surface area contributed by atoms with Crippen molar-refractivity contribution in [1.29, 1.82) is 0 Å². The number of carboxylic acids is 1. The highest BCUT2D eigenvalue weighted by Crippen LogP contribution is 2.64. The molecule has 238 valence electrons. The van der Waals surface area contributed by atoms with Gasteiger partial charge in [0.1, 0.15) is 17.2 Å². The van der Waals surface area contributed by atoms with Gasteiger partial charge in [0.15, 0.2) is 0 Å². The molecule has 0 bridgehead atoms. The van der Waals surface area contributed by atoms with Crippen molar-refractivity contribution in [3.8, 4) is 0 Å². The summed E-state index contributed by atoms with van der Waals surface area (Å²) in [4.78, 5) is 33.9. The zero-order chi connectivity index (χ0) is 32.6. The summed E-state index contributed by atoms with van der Waals surface area (Å²) >= 11 is 12.9. The average Bonchev–Trinajstić information content (AvgIpc) is 3.66. The molecule has 8 rings (SSSR count). The first kappa shape index (κ1) is 30.1. The third kappa shape index (κ3) is 4.44. The molecule has 5 aromatic rings. The van der Waals surface area contributed by atoms with Crippen molar-refractivity contribution < 1.29 is 23.8 Å². The number of anilines is 1. The Morgan fingerprint density at radius 1 is 1.09 bits per heavy atom. The smallest absolute Gasteiger partial charge is 0.335 e. The Morgan fingerprint density at radius 3 is 2.70 bits per heavy atom. The molecule has 1 amide bonds. The molecule has 0 saturated carbocycles. The molecule has 4 atom stereocenters. The maximum Gasteiger partial charge on any atom is 0.335 e. The Hall–Kier alpha value is -4.28. The second kappa shape index (κ2) is 11.2. The van der Waals surface area contributed by atoms with Crippen molar-refractivity contribution in [2.24, 2.45) is 0 Å². The van der Waals surface area contributed by atoms with E-state index in [0.29, 0.717) is 59.3 Å². The summed E-state index contributed by atoms with van der Waals surface area (Å²) < 4.78 is 23.9. The fourth-order valence-corrected chi connectivity index (χ4v) is 8.65. The molecule has 2 N–H and O–H groups in total. The van der Waals surface area contributed by atoms with Crippen LogP contribution in [-0.4, -0.2) is 44.6 Å². The molecule has 4 aromatic carbocycles. The van der Waals surface area contributed by atoms with Crippen LogP contribution in [0.15, 0.2) is 78.9 Å². The van der Waals surface area contributed by atoms with Crippen LogP contribution in [0, 0.1) is 5.82 Å². The van der Waals surface area contributed by atoms with Gasteiger partial charge in [-0.15, -0.1) is 0 Å². The molecule has 1 fully saturated rings. The van der Waals surface area contributed by atoms with Crippen LogP contribution in [0.2, 0.25) is 10.0 Å². The Bertz CT molecular complexity index is 2120. The Kier molecular flexibility index (Phi) is 7.14. The number of benzene rings is 4. The lowest BCUT2D eigenvalue weighted by atomic mass is 9.70. The summed E-state index contributed by atoms with van der Waals surface area (Å²) in [6.07, 6.45) is 0.637. The Morgan fingerprint density at radius 2 is 1.89 bits per heavy atom. The number of halogens is 3. The number of hydrogen-bond acceptors (Lipinski definition) is 5. The number of carbonyl (C=O) groups is 2. The molecular formula is C36H29Cl2FN4O4. The standard InChI is InChI=1S/C36H29Cl2FN4O4/c1-47-18-20-5-2-4-19(14-20)17-43-29-12-13-42-28-11-8-21(34(44)45)15-27(28)40-33(42)30(29)31(23-6-3-7-25(38)32(23)39)36(43)24-10-9-22(37)16-26(24)41-35(36)46/h2-11,14-16,29-31H,12-13,17-18H2,1H3,(H,41,46)(H,44,45)/t29-,30+,31-,36+/m0/s1. The van der Waals surface area contributed by atoms with Crippen LogP contribution >= 0.6 is 23.2 Å². The first-order valence-electron chi connectivity index (χ1n) is 15.3. The highest BCUT2D eigenvalue weighted by Gasteiger charge is 2.68. The molecule has 4 heterocycles. The number of imidazole rings is 1. The van der Waals surface area contributed by atoms with Gasteiger partial charge in [-0.3, -0.25) is 9.69 Å². The number of ether oxygens (including phenoxy) is 1. The number of nitrogens with one attached hydrogen (secondary N) is 1. The number of nitrogens with zero attached hydrogens (tertiary/aromatic N) is 3. The van der Waals surface area contributed by atoms with Gasteiger partial charge in [-0.2, -0.15) is 0 Å². The van der Waals surface area contributed by atoms with Crippen LogP contribution < -0.4 is 5.32 Å². The van der Waals surface area contributed by atoms with Gasteiger partial charge in [-0.1, -0.05) is 65.7 Å². The van der Waals surface area contributed by atoms with Crippen LogP contribution in [0.3, 0.4) is 0 Å².